The summed E-state index contributed by atoms with van der Waals surface area (Å²) in [5, 5.41) is 0.879. The van der Waals surface area contributed by atoms with Gasteiger partial charge in [0, 0.05) is 20.3 Å². The lowest BCUT2D eigenvalue weighted by Crippen LogP contribution is -1.95. The van der Waals surface area contributed by atoms with Gasteiger partial charge in [-0.15, -0.1) is 0 Å². The van der Waals surface area contributed by atoms with E-state index in [1.807, 2.05) is 26.0 Å². The minimum atomic E-state index is -1.16. The van der Waals surface area contributed by atoms with Crippen molar-refractivity contribution < 1.29 is 13.0 Å². The Morgan fingerprint density at radius 1 is 1.23 bits per heavy atom. The Labute approximate surface area is 144 Å². The summed E-state index contributed by atoms with van der Waals surface area (Å²) in [7, 11) is -1.16. The summed E-state index contributed by atoms with van der Waals surface area (Å²) in [6, 6.07) is 10.1. The normalized spacial score (nSPS) is 12.7. The van der Waals surface area contributed by atoms with E-state index in [-0.39, 0.29) is 5.82 Å². The van der Waals surface area contributed by atoms with Crippen molar-refractivity contribution in [3.05, 3.63) is 51.3 Å². The smallest absolute Gasteiger partial charge is 0.151 e. The molecule has 22 heavy (non-hydrogen) atoms. The van der Waals surface area contributed by atoms with Crippen molar-refractivity contribution in [1.82, 2.24) is 0 Å². The molecule has 0 aliphatic rings. The summed E-state index contributed by atoms with van der Waals surface area (Å²) in [6.07, 6.45) is 0. The standard InChI is InChI=1S/C17H14FIO2S/c1-3-22(20)17-14-9-13(19)8-10(2)15(14)21-16(17)11-4-6-12(18)7-5-11/h4-9H,3H2,1-2H3. The molecule has 0 spiro atoms. The van der Waals surface area contributed by atoms with Crippen molar-refractivity contribution in [3.63, 3.8) is 0 Å². The van der Waals surface area contributed by atoms with Crippen LogP contribution < -0.4 is 0 Å². The van der Waals surface area contributed by atoms with Crippen molar-refractivity contribution in [2.24, 2.45) is 0 Å². The molecule has 0 saturated carbocycles. The molecule has 0 saturated heterocycles. The highest BCUT2D eigenvalue weighted by molar-refractivity contribution is 14.1. The van der Waals surface area contributed by atoms with E-state index >= 15 is 0 Å². The minimum Gasteiger partial charge on any atom is -0.454 e. The maximum absolute atomic E-state index is 13.2. The molecule has 3 rings (SSSR count). The number of aryl methyl sites for hydroxylation is 1. The topological polar surface area (TPSA) is 30.2 Å². The molecule has 2 aromatic carbocycles. The third-order valence-electron chi connectivity index (χ3n) is 3.49. The zero-order valence-corrected chi connectivity index (χ0v) is 15.1. The van der Waals surface area contributed by atoms with Crippen LogP contribution in [0.1, 0.15) is 12.5 Å². The number of fused-ring (bicyclic) bond motifs is 1. The molecule has 1 atom stereocenters. The average Bonchev–Trinajstić information content (AvgIpc) is 2.87. The fraction of sp³-hybridized carbons (Fsp3) is 0.176. The summed E-state index contributed by atoms with van der Waals surface area (Å²) in [5.41, 5.74) is 2.49. The maximum atomic E-state index is 13.2. The molecule has 3 aromatic rings. The predicted octanol–water partition coefficient (Wildman–Crippen LogP) is 5.28. The molecule has 114 valence electrons. The van der Waals surface area contributed by atoms with Gasteiger partial charge in [0.15, 0.2) is 5.76 Å². The van der Waals surface area contributed by atoms with Crippen LogP contribution in [0.15, 0.2) is 45.7 Å². The largest absolute Gasteiger partial charge is 0.454 e. The van der Waals surface area contributed by atoms with Crippen molar-refractivity contribution in [3.8, 4) is 11.3 Å². The SMILES string of the molecule is CCS(=O)c1c(-c2ccc(F)cc2)oc2c(C)cc(I)cc12. The van der Waals surface area contributed by atoms with Crippen LogP contribution in [0.3, 0.4) is 0 Å². The molecular weight excluding hydrogens is 414 g/mol. The number of benzene rings is 2. The number of hydrogen-bond donors (Lipinski definition) is 0. The molecule has 0 fully saturated rings. The van der Waals surface area contributed by atoms with Crippen LogP contribution in [0.25, 0.3) is 22.3 Å². The van der Waals surface area contributed by atoms with E-state index < -0.39 is 10.8 Å². The Morgan fingerprint density at radius 2 is 1.91 bits per heavy atom. The minimum absolute atomic E-state index is 0.302. The summed E-state index contributed by atoms with van der Waals surface area (Å²) >= 11 is 2.24. The first-order valence-electron chi connectivity index (χ1n) is 6.88. The molecule has 0 bridgehead atoms. The second-order valence-corrected chi connectivity index (χ2v) is 7.92. The van der Waals surface area contributed by atoms with Crippen LogP contribution in [-0.4, -0.2) is 9.96 Å². The Balaban J connectivity index is 2.36. The first kappa shape index (κ1) is 15.7. The second-order valence-electron chi connectivity index (χ2n) is 5.00. The Kier molecular flexibility index (Phi) is 4.36. The fourth-order valence-electron chi connectivity index (χ4n) is 2.47. The number of furan rings is 1. The van der Waals surface area contributed by atoms with Crippen molar-refractivity contribution in [2.45, 2.75) is 18.7 Å². The van der Waals surface area contributed by atoms with Gasteiger partial charge in [0.2, 0.25) is 0 Å². The van der Waals surface area contributed by atoms with E-state index in [4.69, 9.17) is 4.42 Å². The van der Waals surface area contributed by atoms with Gasteiger partial charge >= 0.3 is 0 Å². The van der Waals surface area contributed by atoms with Crippen molar-refractivity contribution in [1.29, 1.82) is 0 Å². The highest BCUT2D eigenvalue weighted by Gasteiger charge is 2.21. The van der Waals surface area contributed by atoms with Crippen LogP contribution in [0, 0.1) is 16.3 Å². The molecule has 1 unspecified atom stereocenters. The lowest BCUT2D eigenvalue weighted by molar-refractivity contribution is 0.616. The summed E-state index contributed by atoms with van der Waals surface area (Å²) in [5.74, 6) is 0.775. The van der Waals surface area contributed by atoms with Gasteiger partial charge in [-0.3, -0.25) is 4.21 Å². The van der Waals surface area contributed by atoms with E-state index in [2.05, 4.69) is 22.6 Å². The lowest BCUT2D eigenvalue weighted by atomic mass is 10.1. The quantitative estimate of drug-likeness (QED) is 0.532. The first-order chi connectivity index (χ1) is 10.5. The Morgan fingerprint density at radius 3 is 2.55 bits per heavy atom. The number of rotatable bonds is 3. The monoisotopic (exact) mass is 428 g/mol. The molecule has 5 heteroatoms. The van der Waals surface area contributed by atoms with Crippen molar-refractivity contribution in [2.75, 3.05) is 5.75 Å². The van der Waals surface area contributed by atoms with E-state index in [1.165, 1.54) is 12.1 Å². The first-order valence-corrected chi connectivity index (χ1v) is 9.28. The van der Waals surface area contributed by atoms with Gasteiger partial charge < -0.3 is 4.42 Å². The fourth-order valence-corrected chi connectivity index (χ4v) is 4.30. The van der Waals surface area contributed by atoms with E-state index in [1.54, 1.807) is 12.1 Å². The Hall–Kier alpha value is -1.21. The molecule has 2 nitrogen and oxygen atoms in total. The van der Waals surface area contributed by atoms with Crippen LogP contribution in [0.5, 0.6) is 0 Å². The molecule has 1 aromatic heterocycles. The lowest BCUT2D eigenvalue weighted by Gasteiger charge is -2.02. The molecule has 0 aliphatic carbocycles. The van der Waals surface area contributed by atoms with Crippen LogP contribution in [0.2, 0.25) is 0 Å². The predicted molar refractivity (Wildman–Crippen MR) is 96.0 cm³/mol. The van der Waals surface area contributed by atoms with Gasteiger partial charge in [-0.25, -0.2) is 4.39 Å². The van der Waals surface area contributed by atoms with Gasteiger partial charge in [0.1, 0.15) is 11.4 Å². The van der Waals surface area contributed by atoms with E-state index in [9.17, 15) is 8.60 Å². The Bertz CT molecular complexity index is 868. The van der Waals surface area contributed by atoms with Crippen LogP contribution in [0.4, 0.5) is 4.39 Å². The molecule has 0 amide bonds. The van der Waals surface area contributed by atoms with Crippen molar-refractivity contribution >= 4 is 44.4 Å². The second kappa shape index (κ2) is 6.12. The number of hydrogen-bond acceptors (Lipinski definition) is 2. The zero-order valence-electron chi connectivity index (χ0n) is 12.2. The van der Waals surface area contributed by atoms with Crippen LogP contribution >= 0.6 is 22.6 Å². The molecule has 0 aliphatic heterocycles. The van der Waals surface area contributed by atoms with Crippen LogP contribution in [-0.2, 0) is 10.8 Å². The zero-order chi connectivity index (χ0) is 15.9. The summed E-state index contributed by atoms with van der Waals surface area (Å²) in [6.45, 7) is 3.85. The molecule has 0 N–H and O–H groups in total. The van der Waals surface area contributed by atoms with Gasteiger partial charge in [0.05, 0.1) is 15.7 Å². The maximum Gasteiger partial charge on any atom is 0.151 e. The van der Waals surface area contributed by atoms with Gasteiger partial charge in [-0.1, -0.05) is 6.92 Å². The third-order valence-corrected chi connectivity index (χ3v) is 5.50. The van der Waals surface area contributed by atoms with Gasteiger partial charge in [0.25, 0.3) is 0 Å². The number of halogens is 2. The van der Waals surface area contributed by atoms with Gasteiger partial charge in [-0.05, 0) is 71.5 Å². The highest BCUT2D eigenvalue weighted by Crippen LogP contribution is 2.38. The molecule has 0 radical (unpaired) electrons. The third kappa shape index (κ3) is 2.72. The molecular formula is C17H14FIO2S. The molecule has 1 heterocycles. The van der Waals surface area contributed by atoms with E-state index in [0.29, 0.717) is 16.4 Å². The summed E-state index contributed by atoms with van der Waals surface area (Å²) < 4.78 is 32.8. The van der Waals surface area contributed by atoms with Gasteiger partial charge in [-0.2, -0.15) is 0 Å². The van der Waals surface area contributed by atoms with E-state index in [0.717, 1.165) is 25.7 Å². The highest BCUT2D eigenvalue weighted by atomic mass is 127. The summed E-state index contributed by atoms with van der Waals surface area (Å²) in [4.78, 5) is 0.700. The average molecular weight is 428 g/mol.